The number of carbonyl (C=O) groups excluding carboxylic acids is 1. The summed E-state index contributed by atoms with van der Waals surface area (Å²) in [4.78, 5) is 18.2. The van der Waals surface area contributed by atoms with Crippen LogP contribution in [0, 0.1) is 6.92 Å². The van der Waals surface area contributed by atoms with Gasteiger partial charge in [0.1, 0.15) is 5.69 Å². The van der Waals surface area contributed by atoms with Gasteiger partial charge < -0.3 is 4.90 Å². The highest BCUT2D eigenvalue weighted by molar-refractivity contribution is 6.04. The van der Waals surface area contributed by atoms with Crippen molar-refractivity contribution >= 4 is 11.6 Å². The Labute approximate surface area is 107 Å². The molecule has 0 fully saturated rings. The Morgan fingerprint density at radius 2 is 2.06 bits per heavy atom. The Morgan fingerprint density at radius 1 is 1.22 bits per heavy atom. The van der Waals surface area contributed by atoms with Crippen molar-refractivity contribution in [3.63, 3.8) is 0 Å². The molecule has 3 heteroatoms. The minimum Gasteiger partial charge on any atom is -0.307 e. The van der Waals surface area contributed by atoms with E-state index in [1.165, 1.54) is 0 Å². The van der Waals surface area contributed by atoms with E-state index in [-0.39, 0.29) is 5.91 Å². The first kappa shape index (κ1) is 12.3. The normalized spacial score (nSPS) is 10.1. The van der Waals surface area contributed by atoms with E-state index in [9.17, 15) is 4.79 Å². The first-order valence-corrected chi connectivity index (χ1v) is 6.02. The molecular formula is C15H16N2O. The van der Waals surface area contributed by atoms with Crippen LogP contribution < -0.4 is 4.90 Å². The van der Waals surface area contributed by atoms with E-state index < -0.39 is 0 Å². The van der Waals surface area contributed by atoms with E-state index in [0.717, 1.165) is 11.3 Å². The van der Waals surface area contributed by atoms with Crippen LogP contribution in [0.1, 0.15) is 23.0 Å². The molecular weight excluding hydrogens is 224 g/mol. The van der Waals surface area contributed by atoms with E-state index in [0.29, 0.717) is 12.2 Å². The van der Waals surface area contributed by atoms with Crippen molar-refractivity contribution < 1.29 is 4.79 Å². The first-order valence-electron chi connectivity index (χ1n) is 6.02. The second-order valence-corrected chi connectivity index (χ2v) is 4.10. The highest BCUT2D eigenvalue weighted by Crippen LogP contribution is 2.17. The van der Waals surface area contributed by atoms with Crippen LogP contribution >= 0.6 is 0 Å². The van der Waals surface area contributed by atoms with E-state index in [2.05, 4.69) is 4.98 Å². The lowest BCUT2D eigenvalue weighted by atomic mass is 10.2. The van der Waals surface area contributed by atoms with E-state index >= 15 is 0 Å². The number of amides is 1. The van der Waals surface area contributed by atoms with Crippen molar-refractivity contribution in [3.8, 4) is 0 Å². The number of hydrogen-bond acceptors (Lipinski definition) is 2. The van der Waals surface area contributed by atoms with E-state index in [4.69, 9.17) is 0 Å². The molecule has 0 N–H and O–H groups in total. The highest BCUT2D eigenvalue weighted by Gasteiger charge is 2.16. The van der Waals surface area contributed by atoms with Crippen LogP contribution in [-0.2, 0) is 0 Å². The summed E-state index contributed by atoms with van der Waals surface area (Å²) in [6.45, 7) is 4.60. The molecule has 0 spiro atoms. The maximum atomic E-state index is 12.4. The number of aromatic nitrogens is 1. The third kappa shape index (κ3) is 2.56. The Kier molecular flexibility index (Phi) is 3.72. The predicted octanol–water partition coefficient (Wildman–Crippen LogP) is 3.06. The van der Waals surface area contributed by atoms with Crippen molar-refractivity contribution in [3.05, 3.63) is 59.9 Å². The summed E-state index contributed by atoms with van der Waals surface area (Å²) in [7, 11) is 0. The molecule has 1 amide bonds. The highest BCUT2D eigenvalue weighted by atomic mass is 16.2. The standard InChI is InChI=1S/C15H16N2O/c1-3-17(13-8-6-7-12(2)11-13)15(18)14-9-4-5-10-16-14/h4-11H,3H2,1-2H3. The molecule has 0 aliphatic heterocycles. The number of benzene rings is 1. The molecule has 92 valence electrons. The monoisotopic (exact) mass is 240 g/mol. The van der Waals surface area contributed by atoms with Gasteiger partial charge in [0.2, 0.25) is 0 Å². The van der Waals surface area contributed by atoms with Crippen molar-refractivity contribution in [2.75, 3.05) is 11.4 Å². The van der Waals surface area contributed by atoms with Gasteiger partial charge in [-0.05, 0) is 43.7 Å². The van der Waals surface area contributed by atoms with Gasteiger partial charge in [-0.15, -0.1) is 0 Å². The summed E-state index contributed by atoms with van der Waals surface area (Å²) in [6, 6.07) is 13.3. The zero-order valence-electron chi connectivity index (χ0n) is 10.6. The summed E-state index contributed by atoms with van der Waals surface area (Å²) in [5, 5.41) is 0. The number of anilines is 1. The fourth-order valence-corrected chi connectivity index (χ4v) is 1.87. The van der Waals surface area contributed by atoms with Gasteiger partial charge in [0.05, 0.1) is 0 Å². The number of carbonyl (C=O) groups is 1. The molecule has 1 heterocycles. The quantitative estimate of drug-likeness (QED) is 0.826. The first-order chi connectivity index (χ1) is 8.72. The lowest BCUT2D eigenvalue weighted by molar-refractivity contribution is 0.0983. The molecule has 3 nitrogen and oxygen atoms in total. The molecule has 0 aliphatic carbocycles. The van der Waals surface area contributed by atoms with Gasteiger partial charge in [-0.3, -0.25) is 9.78 Å². The van der Waals surface area contributed by atoms with Crippen LogP contribution in [0.4, 0.5) is 5.69 Å². The van der Waals surface area contributed by atoms with Crippen molar-refractivity contribution in [1.82, 2.24) is 4.98 Å². The largest absolute Gasteiger partial charge is 0.307 e. The Morgan fingerprint density at radius 3 is 2.67 bits per heavy atom. The molecule has 0 radical (unpaired) electrons. The lowest BCUT2D eigenvalue weighted by Crippen LogP contribution is -2.31. The molecule has 0 saturated heterocycles. The molecule has 1 aromatic heterocycles. The average molecular weight is 240 g/mol. The Hall–Kier alpha value is -2.16. The van der Waals surface area contributed by atoms with Crippen LogP contribution in [0.2, 0.25) is 0 Å². The van der Waals surface area contributed by atoms with E-state index in [1.54, 1.807) is 23.2 Å². The maximum Gasteiger partial charge on any atom is 0.276 e. The van der Waals surface area contributed by atoms with Crippen molar-refractivity contribution in [2.45, 2.75) is 13.8 Å². The second-order valence-electron chi connectivity index (χ2n) is 4.10. The third-order valence-corrected chi connectivity index (χ3v) is 2.76. The van der Waals surface area contributed by atoms with Gasteiger partial charge in [0.15, 0.2) is 0 Å². The third-order valence-electron chi connectivity index (χ3n) is 2.76. The molecule has 0 atom stereocenters. The summed E-state index contributed by atoms with van der Waals surface area (Å²) >= 11 is 0. The van der Waals surface area contributed by atoms with Crippen LogP contribution in [0.5, 0.6) is 0 Å². The zero-order chi connectivity index (χ0) is 13.0. The van der Waals surface area contributed by atoms with Crippen molar-refractivity contribution in [1.29, 1.82) is 0 Å². The summed E-state index contributed by atoms with van der Waals surface area (Å²) in [5.41, 5.74) is 2.52. The van der Waals surface area contributed by atoms with Crippen molar-refractivity contribution in [2.24, 2.45) is 0 Å². The fourth-order valence-electron chi connectivity index (χ4n) is 1.87. The van der Waals surface area contributed by atoms with Gasteiger partial charge >= 0.3 is 0 Å². The lowest BCUT2D eigenvalue weighted by Gasteiger charge is -2.21. The zero-order valence-corrected chi connectivity index (χ0v) is 10.6. The van der Waals surface area contributed by atoms with E-state index in [1.807, 2.05) is 44.2 Å². The predicted molar refractivity (Wildman–Crippen MR) is 72.8 cm³/mol. The van der Waals surface area contributed by atoms with Gasteiger partial charge in [-0.25, -0.2) is 0 Å². The smallest absolute Gasteiger partial charge is 0.276 e. The number of nitrogens with zero attached hydrogens (tertiary/aromatic N) is 2. The minimum atomic E-state index is -0.0660. The Balaban J connectivity index is 2.32. The number of hydrogen-bond donors (Lipinski definition) is 0. The SMILES string of the molecule is CCN(C(=O)c1ccccn1)c1cccc(C)c1. The molecule has 0 bridgehead atoms. The van der Waals surface area contributed by atoms with Gasteiger partial charge in [0, 0.05) is 18.4 Å². The molecule has 2 aromatic rings. The fraction of sp³-hybridized carbons (Fsp3) is 0.200. The van der Waals surface area contributed by atoms with Gasteiger partial charge in [-0.1, -0.05) is 18.2 Å². The summed E-state index contributed by atoms with van der Waals surface area (Å²) < 4.78 is 0. The summed E-state index contributed by atoms with van der Waals surface area (Å²) in [6.07, 6.45) is 1.64. The van der Waals surface area contributed by atoms with Crippen LogP contribution in [0.25, 0.3) is 0 Å². The van der Waals surface area contributed by atoms with Crippen LogP contribution in [0.3, 0.4) is 0 Å². The number of aryl methyl sites for hydroxylation is 1. The molecule has 0 unspecified atom stereocenters. The maximum absolute atomic E-state index is 12.4. The topological polar surface area (TPSA) is 33.2 Å². The molecule has 2 rings (SSSR count). The Bertz CT molecular complexity index is 537. The minimum absolute atomic E-state index is 0.0660. The summed E-state index contributed by atoms with van der Waals surface area (Å²) in [5.74, 6) is -0.0660. The van der Waals surface area contributed by atoms with Gasteiger partial charge in [-0.2, -0.15) is 0 Å². The average Bonchev–Trinajstić information content (AvgIpc) is 2.40. The molecule has 0 aliphatic rings. The molecule has 18 heavy (non-hydrogen) atoms. The van der Waals surface area contributed by atoms with Gasteiger partial charge in [0.25, 0.3) is 5.91 Å². The van der Waals surface area contributed by atoms with Crippen LogP contribution in [0.15, 0.2) is 48.7 Å². The number of rotatable bonds is 3. The second kappa shape index (κ2) is 5.45. The van der Waals surface area contributed by atoms with Crippen LogP contribution in [-0.4, -0.2) is 17.4 Å². The number of pyridine rings is 1. The molecule has 0 saturated carbocycles. The molecule has 1 aromatic carbocycles.